The fourth-order valence-corrected chi connectivity index (χ4v) is 0.838. The molecule has 0 heterocycles. The average molecular weight is 216 g/mol. The van der Waals surface area contributed by atoms with Crippen LogP contribution >= 0.6 is 0 Å². The molecule has 7 nitrogen and oxygen atoms in total. The van der Waals surface area contributed by atoms with Gasteiger partial charge in [0.1, 0.15) is 6.42 Å². The van der Waals surface area contributed by atoms with E-state index in [1.165, 1.54) is 19.3 Å². The van der Waals surface area contributed by atoms with E-state index in [-0.39, 0.29) is 18.7 Å². The van der Waals surface area contributed by atoms with E-state index in [1.54, 1.807) is 0 Å². The van der Waals surface area contributed by atoms with E-state index in [9.17, 15) is 20.2 Å². The zero-order valence-electron chi connectivity index (χ0n) is 8.29. The Labute approximate surface area is 86.3 Å². The predicted molar refractivity (Wildman–Crippen MR) is 52.5 cm³/mol. The number of nitro groups is 2. The smallest absolute Gasteiger partial charge is 0.246 e. The molecule has 0 bridgehead atoms. The highest BCUT2D eigenvalue weighted by Gasteiger charge is 2.22. The quantitative estimate of drug-likeness (QED) is 0.359. The van der Waals surface area contributed by atoms with Crippen molar-refractivity contribution in [2.75, 3.05) is 13.7 Å². The monoisotopic (exact) mass is 216 g/mol. The van der Waals surface area contributed by atoms with Gasteiger partial charge in [-0.15, -0.1) is 0 Å². The average Bonchev–Trinajstić information content (AvgIpc) is 2.15. The topological polar surface area (TPSA) is 95.5 Å². The first kappa shape index (κ1) is 13.2. The molecule has 0 spiro atoms. The van der Waals surface area contributed by atoms with Gasteiger partial charge in [-0.3, -0.25) is 20.2 Å². The highest BCUT2D eigenvalue weighted by atomic mass is 16.6. The second-order valence-corrected chi connectivity index (χ2v) is 2.76. The predicted octanol–water partition coefficient (Wildman–Crippen LogP) is 1.01. The van der Waals surface area contributed by atoms with Gasteiger partial charge < -0.3 is 4.74 Å². The molecule has 0 rings (SSSR count). The molecular formula is C8H12N2O5. The van der Waals surface area contributed by atoms with Crippen LogP contribution in [0.3, 0.4) is 0 Å². The van der Waals surface area contributed by atoms with Crippen molar-refractivity contribution < 1.29 is 14.6 Å². The van der Waals surface area contributed by atoms with Crippen LogP contribution in [0.1, 0.15) is 6.42 Å². The highest BCUT2D eigenvalue weighted by Crippen LogP contribution is 2.08. The summed E-state index contributed by atoms with van der Waals surface area (Å²) in [6.07, 6.45) is 2.40. The Hall–Kier alpha value is -1.76. The number of rotatable bonds is 7. The molecule has 7 heteroatoms. The normalized spacial score (nSPS) is 12.6. The minimum Gasteiger partial charge on any atom is -0.381 e. The molecule has 0 aromatic rings. The first-order valence-corrected chi connectivity index (χ1v) is 4.10. The van der Waals surface area contributed by atoms with E-state index in [0.29, 0.717) is 0 Å². The van der Waals surface area contributed by atoms with Gasteiger partial charge in [-0.25, -0.2) is 0 Å². The van der Waals surface area contributed by atoms with E-state index in [2.05, 4.69) is 11.3 Å². The molecule has 0 saturated heterocycles. The summed E-state index contributed by atoms with van der Waals surface area (Å²) in [6, 6.07) is -1.13. The molecule has 0 aliphatic carbocycles. The lowest BCUT2D eigenvalue weighted by Gasteiger charge is -2.02. The van der Waals surface area contributed by atoms with Crippen LogP contribution in [0.4, 0.5) is 0 Å². The summed E-state index contributed by atoms with van der Waals surface area (Å²) in [4.78, 5) is 19.4. The van der Waals surface area contributed by atoms with Crippen molar-refractivity contribution >= 4 is 0 Å². The Morgan fingerprint density at radius 3 is 2.53 bits per heavy atom. The Morgan fingerprint density at radius 1 is 1.53 bits per heavy atom. The zero-order chi connectivity index (χ0) is 11.8. The van der Waals surface area contributed by atoms with Gasteiger partial charge in [0.2, 0.25) is 11.7 Å². The summed E-state index contributed by atoms with van der Waals surface area (Å²) in [5, 5.41) is 20.7. The molecule has 0 aromatic heterocycles. The van der Waals surface area contributed by atoms with Crippen LogP contribution in [0.25, 0.3) is 0 Å². The number of methoxy groups -OCH3 is 1. The number of ether oxygens (including phenoxy) is 1. The fourth-order valence-electron chi connectivity index (χ4n) is 0.838. The van der Waals surface area contributed by atoms with Gasteiger partial charge in [0.05, 0.1) is 11.5 Å². The van der Waals surface area contributed by atoms with Crippen molar-refractivity contribution in [3.63, 3.8) is 0 Å². The van der Waals surface area contributed by atoms with E-state index in [1.807, 2.05) is 0 Å². The third-order valence-corrected chi connectivity index (χ3v) is 1.59. The van der Waals surface area contributed by atoms with Crippen LogP contribution < -0.4 is 0 Å². The molecule has 0 aromatic carbocycles. The lowest BCUT2D eigenvalue weighted by Crippen LogP contribution is -2.19. The third kappa shape index (κ3) is 5.53. The number of hydrogen-bond donors (Lipinski definition) is 0. The minimum atomic E-state index is -1.13. The van der Waals surface area contributed by atoms with Gasteiger partial charge in [0.25, 0.3) is 0 Å². The second kappa shape index (κ2) is 6.66. The fraction of sp³-hybridized carbons (Fsp3) is 0.500. The maximum atomic E-state index is 10.5. The summed E-state index contributed by atoms with van der Waals surface area (Å²) in [5.41, 5.74) is -0.376. The Morgan fingerprint density at radius 2 is 2.13 bits per heavy atom. The van der Waals surface area contributed by atoms with Gasteiger partial charge in [0.15, 0.2) is 0 Å². The lowest BCUT2D eigenvalue weighted by molar-refractivity contribution is -0.517. The van der Waals surface area contributed by atoms with Crippen molar-refractivity contribution in [3.05, 3.63) is 44.7 Å². The van der Waals surface area contributed by atoms with Crippen molar-refractivity contribution in [3.8, 4) is 0 Å². The van der Waals surface area contributed by atoms with Gasteiger partial charge in [-0.05, 0) is 12.7 Å². The van der Waals surface area contributed by atoms with Crippen molar-refractivity contribution in [1.82, 2.24) is 0 Å². The molecular weight excluding hydrogens is 204 g/mol. The molecule has 1 atom stereocenters. The number of nitrogens with zero attached hydrogens (tertiary/aromatic N) is 2. The summed E-state index contributed by atoms with van der Waals surface area (Å²) >= 11 is 0. The molecule has 15 heavy (non-hydrogen) atoms. The van der Waals surface area contributed by atoms with Crippen LogP contribution in [0.15, 0.2) is 24.4 Å². The molecule has 0 aliphatic heterocycles. The Kier molecular flexibility index (Phi) is 5.88. The zero-order valence-corrected chi connectivity index (χ0v) is 8.29. The third-order valence-electron chi connectivity index (χ3n) is 1.59. The molecule has 0 fully saturated rings. The van der Waals surface area contributed by atoms with Crippen LogP contribution in [0.2, 0.25) is 0 Å². The van der Waals surface area contributed by atoms with Crippen molar-refractivity contribution in [1.29, 1.82) is 0 Å². The first-order valence-electron chi connectivity index (χ1n) is 4.10. The molecule has 1 unspecified atom stereocenters. The van der Waals surface area contributed by atoms with Crippen molar-refractivity contribution in [2.24, 2.45) is 0 Å². The molecule has 84 valence electrons. The van der Waals surface area contributed by atoms with E-state index in [0.717, 1.165) is 0 Å². The summed E-state index contributed by atoms with van der Waals surface area (Å²) in [5.74, 6) is 0. The SMILES string of the molecule is C=C(CC(/C=C\COC)[N+](=O)[O-])[N+](=O)[O-]. The number of hydrogen-bond acceptors (Lipinski definition) is 5. The molecule has 0 radical (unpaired) electrons. The van der Waals surface area contributed by atoms with Crippen LogP contribution in [-0.2, 0) is 4.74 Å². The molecule has 0 saturated carbocycles. The van der Waals surface area contributed by atoms with Gasteiger partial charge in [0, 0.05) is 12.0 Å². The van der Waals surface area contributed by atoms with Gasteiger partial charge >= 0.3 is 0 Å². The molecule has 0 N–H and O–H groups in total. The lowest BCUT2D eigenvalue weighted by atomic mass is 10.1. The summed E-state index contributed by atoms with van der Waals surface area (Å²) < 4.78 is 4.66. The first-order chi connectivity index (χ1) is 6.99. The van der Waals surface area contributed by atoms with Gasteiger partial charge in [-0.1, -0.05) is 6.08 Å². The highest BCUT2D eigenvalue weighted by molar-refractivity contribution is 4.95. The van der Waals surface area contributed by atoms with E-state index >= 15 is 0 Å². The Balaban J connectivity index is 4.35. The van der Waals surface area contributed by atoms with E-state index < -0.39 is 15.9 Å². The van der Waals surface area contributed by atoms with E-state index in [4.69, 9.17) is 0 Å². The minimum absolute atomic E-state index is 0.231. The maximum Gasteiger partial charge on any atom is 0.246 e. The van der Waals surface area contributed by atoms with Crippen LogP contribution in [-0.4, -0.2) is 29.6 Å². The Bertz CT molecular complexity index is 287. The second-order valence-electron chi connectivity index (χ2n) is 2.76. The van der Waals surface area contributed by atoms with Crippen molar-refractivity contribution in [2.45, 2.75) is 12.5 Å². The van der Waals surface area contributed by atoms with Crippen LogP contribution in [0, 0.1) is 20.2 Å². The summed E-state index contributed by atoms with van der Waals surface area (Å²) in [7, 11) is 1.45. The van der Waals surface area contributed by atoms with Gasteiger partial charge in [-0.2, -0.15) is 0 Å². The maximum absolute atomic E-state index is 10.5. The van der Waals surface area contributed by atoms with Crippen LogP contribution in [0.5, 0.6) is 0 Å². The molecule has 0 amide bonds. The summed E-state index contributed by atoms with van der Waals surface area (Å²) in [6.45, 7) is 3.37. The molecule has 0 aliphatic rings. The largest absolute Gasteiger partial charge is 0.381 e. The standard InChI is InChI=1S/C8H12N2O5/c1-7(9(11)12)6-8(10(13)14)4-3-5-15-2/h3-4,8H,1,5-6H2,2H3/b4-3-.